The van der Waals surface area contributed by atoms with Crippen molar-refractivity contribution in [1.29, 1.82) is 0 Å². The van der Waals surface area contributed by atoms with Crippen molar-refractivity contribution in [1.82, 2.24) is 14.5 Å². The van der Waals surface area contributed by atoms with Gasteiger partial charge in [-0.15, -0.1) is 0 Å². The average molecular weight is 418 g/mol. The van der Waals surface area contributed by atoms with Gasteiger partial charge >= 0.3 is 6.18 Å². The van der Waals surface area contributed by atoms with E-state index in [-0.39, 0.29) is 49.8 Å². The first-order valence-electron chi connectivity index (χ1n) is 9.24. The zero-order valence-corrected chi connectivity index (χ0v) is 16.1. The number of nitrogens with zero attached hydrogens (tertiary/aromatic N) is 3. The maximum atomic E-state index is 13.7. The Morgan fingerprint density at radius 3 is 2.59 bits per heavy atom. The number of benzene rings is 1. The number of carbonyl (C=O) groups is 1. The predicted octanol–water partition coefficient (Wildman–Crippen LogP) is 3.51. The molecule has 0 saturated carbocycles. The molecule has 1 aliphatic heterocycles. The van der Waals surface area contributed by atoms with Crippen LogP contribution in [-0.4, -0.2) is 32.9 Å². The van der Waals surface area contributed by atoms with Crippen molar-refractivity contribution < 1.29 is 26.7 Å². The van der Waals surface area contributed by atoms with Gasteiger partial charge in [0.1, 0.15) is 17.5 Å². The van der Waals surface area contributed by atoms with E-state index in [9.17, 15) is 26.7 Å². The Kier molecular flexibility index (Phi) is 7.34. The molecule has 0 unspecified atom stereocenters. The Morgan fingerprint density at radius 2 is 1.93 bits per heavy atom. The fourth-order valence-corrected chi connectivity index (χ4v) is 3.01. The summed E-state index contributed by atoms with van der Waals surface area (Å²) < 4.78 is 66.5. The van der Waals surface area contributed by atoms with Crippen LogP contribution in [0, 0.1) is 11.6 Å². The molecule has 2 N–H and O–H groups in total. The highest BCUT2D eigenvalue weighted by Crippen LogP contribution is 2.29. The van der Waals surface area contributed by atoms with Crippen LogP contribution in [0.4, 0.5) is 22.0 Å². The largest absolute Gasteiger partial charge is 0.434 e. The fourth-order valence-electron chi connectivity index (χ4n) is 3.01. The number of nitrogens with two attached hydrogens (primary N) is 1. The summed E-state index contributed by atoms with van der Waals surface area (Å²) in [4.78, 5) is 17.3. The van der Waals surface area contributed by atoms with E-state index in [4.69, 9.17) is 5.73 Å². The minimum atomic E-state index is -4.55. The quantitative estimate of drug-likeness (QED) is 0.773. The lowest BCUT2D eigenvalue weighted by atomic mass is 10.0. The second kappa shape index (κ2) is 9.34. The molecule has 0 spiro atoms. The number of carbonyl (C=O) groups excluding carboxylic acids is 1. The summed E-state index contributed by atoms with van der Waals surface area (Å²) in [5.74, 6) is -1.44. The summed E-state index contributed by atoms with van der Waals surface area (Å²) >= 11 is 0. The van der Waals surface area contributed by atoms with Crippen LogP contribution in [0.3, 0.4) is 0 Å². The van der Waals surface area contributed by atoms with Crippen molar-refractivity contribution in [2.24, 2.45) is 5.73 Å². The lowest BCUT2D eigenvalue weighted by molar-refractivity contribution is -0.141. The van der Waals surface area contributed by atoms with Gasteiger partial charge in [-0.05, 0) is 30.2 Å². The fraction of sp³-hybridized carbons (Fsp3) is 0.474. The monoisotopic (exact) mass is 418 g/mol. The predicted molar refractivity (Wildman–Crippen MR) is 96.6 cm³/mol. The van der Waals surface area contributed by atoms with Crippen LogP contribution in [0.5, 0.6) is 0 Å². The zero-order valence-electron chi connectivity index (χ0n) is 16.1. The van der Waals surface area contributed by atoms with Gasteiger partial charge in [0.15, 0.2) is 5.69 Å². The molecule has 5 nitrogen and oxygen atoms in total. The normalized spacial score (nSPS) is 14.7. The van der Waals surface area contributed by atoms with Gasteiger partial charge in [0, 0.05) is 31.7 Å². The van der Waals surface area contributed by atoms with Gasteiger partial charge in [0.05, 0.1) is 6.54 Å². The second-order valence-corrected chi connectivity index (χ2v) is 6.45. The Balaban J connectivity index is 0.00000145. The van der Waals surface area contributed by atoms with Gasteiger partial charge in [0.2, 0.25) is 5.91 Å². The summed E-state index contributed by atoms with van der Waals surface area (Å²) in [6.07, 6.45) is -3.79. The lowest BCUT2D eigenvalue weighted by Crippen LogP contribution is -2.41. The summed E-state index contributed by atoms with van der Waals surface area (Å²) in [7, 11) is 0. The third-order valence-corrected chi connectivity index (χ3v) is 4.37. The van der Waals surface area contributed by atoms with Gasteiger partial charge in [0.25, 0.3) is 0 Å². The molecular weight excluding hydrogens is 395 g/mol. The number of amides is 1. The molecule has 29 heavy (non-hydrogen) atoms. The van der Waals surface area contributed by atoms with E-state index in [1.165, 1.54) is 9.47 Å². The van der Waals surface area contributed by atoms with Crippen molar-refractivity contribution in [3.8, 4) is 0 Å². The molecular formula is C19H23F5N4O. The average Bonchev–Trinajstić information content (AvgIpc) is 3.10. The topological polar surface area (TPSA) is 64.2 Å². The van der Waals surface area contributed by atoms with E-state index < -0.39 is 29.5 Å². The number of hydrogen-bond donors (Lipinski definition) is 1. The first-order chi connectivity index (χ1) is 13.6. The van der Waals surface area contributed by atoms with Crippen LogP contribution in [0.2, 0.25) is 0 Å². The van der Waals surface area contributed by atoms with E-state index in [1.54, 1.807) is 0 Å². The molecule has 0 aliphatic carbocycles. The molecule has 1 aromatic heterocycles. The summed E-state index contributed by atoms with van der Waals surface area (Å²) in [6, 6.07) is 2.25. The van der Waals surface area contributed by atoms with Gasteiger partial charge in [-0.3, -0.25) is 4.79 Å². The smallest absolute Gasteiger partial charge is 0.333 e. The van der Waals surface area contributed by atoms with E-state index in [0.29, 0.717) is 0 Å². The number of imidazole rings is 1. The molecule has 1 aromatic carbocycles. The summed E-state index contributed by atoms with van der Waals surface area (Å²) in [5.41, 5.74) is 4.96. The molecule has 2 aromatic rings. The van der Waals surface area contributed by atoms with Gasteiger partial charge in [-0.2, -0.15) is 13.2 Å². The van der Waals surface area contributed by atoms with Gasteiger partial charge in [-0.25, -0.2) is 13.8 Å². The minimum Gasteiger partial charge on any atom is -0.333 e. The zero-order chi connectivity index (χ0) is 21.8. The van der Waals surface area contributed by atoms with Crippen LogP contribution in [0.1, 0.15) is 37.4 Å². The Morgan fingerprint density at radius 1 is 1.24 bits per heavy atom. The number of halogens is 5. The molecule has 2 heterocycles. The standard InChI is InChI=1S/C17H17F5N4O.C2H6/c18-11-1-2-13(19)10(5-11)6-12(23)7-16(27)26-4-3-25-8-14(17(20,21)22)24-15(25)9-26;1-2/h1-2,5,8,12H,3-4,6-7,9,23H2;1-2H3/t12-;/m1./s1. The van der Waals surface area contributed by atoms with Gasteiger partial charge in [-0.1, -0.05) is 13.8 Å². The molecule has 1 amide bonds. The number of alkyl halides is 3. The minimum absolute atomic E-state index is 0.0317. The van der Waals surface area contributed by atoms with Crippen LogP contribution >= 0.6 is 0 Å². The van der Waals surface area contributed by atoms with Crippen LogP contribution in [0.15, 0.2) is 24.4 Å². The van der Waals surface area contributed by atoms with Crippen LogP contribution in [0.25, 0.3) is 0 Å². The van der Waals surface area contributed by atoms with Crippen LogP contribution in [-0.2, 0) is 30.5 Å². The first-order valence-corrected chi connectivity index (χ1v) is 9.24. The lowest BCUT2D eigenvalue weighted by Gasteiger charge is -2.28. The molecule has 3 rings (SSSR count). The van der Waals surface area contributed by atoms with Gasteiger partial charge < -0.3 is 15.2 Å². The molecule has 160 valence electrons. The number of hydrogen-bond acceptors (Lipinski definition) is 3. The Bertz CT molecular complexity index is 850. The molecule has 0 radical (unpaired) electrons. The third kappa shape index (κ3) is 5.75. The Hall–Kier alpha value is -2.49. The van der Waals surface area contributed by atoms with E-state index in [0.717, 1.165) is 24.4 Å². The van der Waals surface area contributed by atoms with Crippen molar-refractivity contribution >= 4 is 5.91 Å². The van der Waals surface area contributed by atoms with Crippen molar-refractivity contribution in [3.05, 3.63) is 53.1 Å². The number of rotatable bonds is 4. The van der Waals surface area contributed by atoms with Crippen molar-refractivity contribution in [2.75, 3.05) is 6.54 Å². The third-order valence-electron chi connectivity index (χ3n) is 4.37. The molecule has 1 atom stereocenters. The maximum Gasteiger partial charge on any atom is 0.434 e. The van der Waals surface area contributed by atoms with E-state index in [1.807, 2.05) is 13.8 Å². The number of fused-ring (bicyclic) bond motifs is 1. The molecule has 0 fully saturated rings. The first kappa shape index (κ1) is 22.8. The summed E-state index contributed by atoms with van der Waals surface area (Å²) in [6.45, 7) is 4.36. The molecule has 10 heteroatoms. The molecule has 0 saturated heterocycles. The van der Waals surface area contributed by atoms with Crippen molar-refractivity contribution in [2.45, 2.75) is 52.0 Å². The Labute approximate surface area is 165 Å². The highest BCUT2D eigenvalue weighted by Gasteiger charge is 2.36. The van der Waals surface area contributed by atoms with Crippen molar-refractivity contribution in [3.63, 3.8) is 0 Å². The van der Waals surface area contributed by atoms with Crippen LogP contribution < -0.4 is 5.73 Å². The second-order valence-electron chi connectivity index (χ2n) is 6.45. The van der Waals surface area contributed by atoms with E-state index >= 15 is 0 Å². The highest BCUT2D eigenvalue weighted by atomic mass is 19.4. The molecule has 1 aliphatic rings. The SMILES string of the molecule is CC.N[C@@H](CC(=O)N1CCn2cc(C(F)(F)F)nc2C1)Cc1cc(F)ccc1F. The summed E-state index contributed by atoms with van der Waals surface area (Å²) in [5, 5.41) is 0. The maximum absolute atomic E-state index is 13.7. The number of aromatic nitrogens is 2. The molecule has 0 bridgehead atoms. The highest BCUT2D eigenvalue weighted by molar-refractivity contribution is 5.76. The van der Waals surface area contributed by atoms with E-state index in [2.05, 4.69) is 4.98 Å².